The molecule has 23 heavy (non-hydrogen) atoms. The summed E-state index contributed by atoms with van der Waals surface area (Å²) in [6.07, 6.45) is 0. The molecule has 2 nitrogen and oxygen atoms in total. The van der Waals surface area contributed by atoms with E-state index in [2.05, 4.69) is 66.1 Å². The Labute approximate surface area is 143 Å². The van der Waals surface area contributed by atoms with Gasteiger partial charge in [0, 0.05) is 0 Å². The van der Waals surface area contributed by atoms with Gasteiger partial charge in [-0.15, -0.1) is 0 Å². The van der Waals surface area contributed by atoms with E-state index in [-0.39, 0.29) is 25.8 Å². The number of nitrogens with one attached hydrogen (secondary N) is 1. The molecule has 0 fully saturated rings. The molecular formula is C20H19NOSe. The van der Waals surface area contributed by atoms with Crippen molar-refractivity contribution in [2.75, 3.05) is 0 Å². The van der Waals surface area contributed by atoms with Crippen molar-refractivity contribution in [3.8, 4) is 0 Å². The summed E-state index contributed by atoms with van der Waals surface area (Å²) in [4.78, 5) is 0.207. The van der Waals surface area contributed by atoms with Crippen LogP contribution in [0.3, 0.4) is 0 Å². The topological polar surface area (TPSA) is 32.3 Å². The van der Waals surface area contributed by atoms with Crippen LogP contribution in [0.5, 0.6) is 0 Å². The van der Waals surface area contributed by atoms with Gasteiger partial charge in [0.05, 0.1) is 0 Å². The Morgan fingerprint density at radius 1 is 0.652 bits per heavy atom. The number of hydrogen-bond donors (Lipinski definition) is 2. The molecule has 0 saturated heterocycles. The zero-order valence-corrected chi connectivity index (χ0v) is 14.4. The Morgan fingerprint density at radius 3 is 1.65 bits per heavy atom. The van der Waals surface area contributed by atoms with Gasteiger partial charge < -0.3 is 0 Å². The van der Waals surface area contributed by atoms with Gasteiger partial charge in [-0.25, -0.2) is 0 Å². The molecule has 3 aromatic rings. The Hall–Kier alpha value is -1.90. The fourth-order valence-corrected chi connectivity index (χ4v) is 5.23. The molecule has 2 atom stereocenters. The number of hydrogen-bond acceptors (Lipinski definition) is 2. The molecule has 0 amide bonds. The Kier molecular flexibility index (Phi) is 5.62. The molecular weight excluding hydrogens is 349 g/mol. The predicted octanol–water partition coefficient (Wildman–Crippen LogP) is 3.48. The van der Waals surface area contributed by atoms with Crippen molar-refractivity contribution in [1.82, 2.24) is 5.48 Å². The summed E-state index contributed by atoms with van der Waals surface area (Å²) in [5.41, 5.74) is 4.89. The minimum atomic E-state index is -0.126. The first-order valence-electron chi connectivity index (χ1n) is 7.59. The SMILES string of the molecule is ONC(c1ccccc1)C([Se]c1ccccc1)c1ccccc1. The molecule has 3 rings (SSSR count). The van der Waals surface area contributed by atoms with E-state index in [9.17, 15) is 5.21 Å². The molecule has 0 radical (unpaired) electrons. The average molecular weight is 368 g/mol. The van der Waals surface area contributed by atoms with Crippen LogP contribution in [0.2, 0.25) is 0 Å². The van der Waals surface area contributed by atoms with Crippen LogP contribution in [0.25, 0.3) is 0 Å². The molecule has 3 heteroatoms. The second kappa shape index (κ2) is 8.09. The first-order valence-corrected chi connectivity index (χ1v) is 9.44. The van der Waals surface area contributed by atoms with Crippen LogP contribution in [-0.2, 0) is 0 Å². The average Bonchev–Trinajstić information content (AvgIpc) is 2.64. The van der Waals surface area contributed by atoms with Gasteiger partial charge in [-0.2, -0.15) is 0 Å². The molecule has 0 aliphatic carbocycles. The summed E-state index contributed by atoms with van der Waals surface area (Å²) in [5, 5.41) is 9.85. The summed E-state index contributed by atoms with van der Waals surface area (Å²) < 4.78 is 1.32. The molecule has 0 aliphatic rings. The molecule has 0 aliphatic heterocycles. The first-order chi connectivity index (χ1) is 11.4. The van der Waals surface area contributed by atoms with Crippen molar-refractivity contribution in [3.63, 3.8) is 0 Å². The third kappa shape index (κ3) is 4.09. The Balaban J connectivity index is 1.97. The van der Waals surface area contributed by atoms with Crippen LogP contribution in [0.4, 0.5) is 0 Å². The zero-order valence-electron chi connectivity index (χ0n) is 12.7. The van der Waals surface area contributed by atoms with Gasteiger partial charge in [-0.05, 0) is 0 Å². The van der Waals surface area contributed by atoms with E-state index in [1.165, 1.54) is 10.0 Å². The summed E-state index contributed by atoms with van der Waals surface area (Å²) in [5.74, 6) is 0. The Bertz CT molecular complexity index is 703. The monoisotopic (exact) mass is 369 g/mol. The van der Waals surface area contributed by atoms with Crippen LogP contribution < -0.4 is 9.94 Å². The van der Waals surface area contributed by atoms with Gasteiger partial charge in [0.25, 0.3) is 0 Å². The molecule has 2 N–H and O–H groups in total. The Morgan fingerprint density at radius 2 is 1.13 bits per heavy atom. The van der Waals surface area contributed by atoms with E-state index in [0.29, 0.717) is 0 Å². The van der Waals surface area contributed by atoms with Gasteiger partial charge in [0.2, 0.25) is 0 Å². The van der Waals surface area contributed by atoms with Gasteiger partial charge in [0.15, 0.2) is 0 Å². The minimum absolute atomic E-state index is 0.126. The normalized spacial score (nSPS) is 13.4. The van der Waals surface area contributed by atoms with Crippen LogP contribution in [0.15, 0.2) is 91.0 Å². The fraction of sp³-hybridized carbons (Fsp3) is 0.100. The van der Waals surface area contributed by atoms with E-state index >= 15 is 0 Å². The number of hydroxylamine groups is 1. The standard InChI is InChI=1S/C20H19NOSe/c22-21-19(16-10-4-1-5-11-16)20(17-12-6-2-7-13-17)23-18-14-8-3-9-15-18/h1-15,19-22H. The fourth-order valence-electron chi connectivity index (χ4n) is 2.59. The summed E-state index contributed by atoms with van der Waals surface area (Å²) in [6.45, 7) is 0. The van der Waals surface area contributed by atoms with Gasteiger partial charge in [-0.1, -0.05) is 0 Å². The maximum atomic E-state index is 9.85. The van der Waals surface area contributed by atoms with Crippen LogP contribution in [0.1, 0.15) is 22.0 Å². The van der Waals surface area contributed by atoms with Crippen molar-refractivity contribution in [3.05, 3.63) is 102 Å². The van der Waals surface area contributed by atoms with E-state index in [1.54, 1.807) is 0 Å². The molecule has 3 aromatic carbocycles. The summed E-state index contributed by atoms with van der Waals surface area (Å²) >= 11 is 0.193. The van der Waals surface area contributed by atoms with Gasteiger partial charge in [0.1, 0.15) is 0 Å². The second-order valence-corrected chi connectivity index (χ2v) is 7.83. The molecule has 0 heterocycles. The van der Waals surface area contributed by atoms with E-state index in [4.69, 9.17) is 0 Å². The van der Waals surface area contributed by atoms with Crippen molar-refractivity contribution < 1.29 is 5.21 Å². The van der Waals surface area contributed by atoms with Gasteiger partial charge >= 0.3 is 143 Å². The predicted molar refractivity (Wildman–Crippen MR) is 95.1 cm³/mol. The van der Waals surface area contributed by atoms with Gasteiger partial charge in [-0.3, -0.25) is 0 Å². The van der Waals surface area contributed by atoms with Crippen molar-refractivity contribution in [2.45, 2.75) is 10.9 Å². The molecule has 0 spiro atoms. The maximum absolute atomic E-state index is 9.85. The quantitative estimate of drug-likeness (QED) is 0.516. The van der Waals surface area contributed by atoms with Crippen LogP contribution in [0, 0.1) is 0 Å². The summed E-state index contributed by atoms with van der Waals surface area (Å²) in [7, 11) is 0. The number of benzene rings is 3. The molecule has 116 valence electrons. The second-order valence-electron chi connectivity index (χ2n) is 5.28. The molecule has 2 unspecified atom stereocenters. The van der Waals surface area contributed by atoms with Crippen molar-refractivity contribution >= 4 is 19.4 Å². The van der Waals surface area contributed by atoms with Crippen LogP contribution >= 0.6 is 0 Å². The van der Waals surface area contributed by atoms with E-state index in [0.717, 1.165) is 5.56 Å². The first kappa shape index (κ1) is 16.0. The third-order valence-electron chi connectivity index (χ3n) is 3.73. The van der Waals surface area contributed by atoms with Crippen molar-refractivity contribution in [2.24, 2.45) is 0 Å². The van der Waals surface area contributed by atoms with E-state index in [1.807, 2.05) is 30.3 Å². The molecule has 0 bridgehead atoms. The molecule has 0 aromatic heterocycles. The van der Waals surface area contributed by atoms with Crippen molar-refractivity contribution in [1.29, 1.82) is 0 Å². The molecule has 0 saturated carbocycles. The van der Waals surface area contributed by atoms with Crippen LogP contribution in [-0.4, -0.2) is 20.2 Å². The van der Waals surface area contributed by atoms with E-state index < -0.39 is 0 Å². The zero-order chi connectivity index (χ0) is 15.9. The third-order valence-corrected chi connectivity index (χ3v) is 6.55. The summed E-state index contributed by atoms with van der Waals surface area (Å²) in [6, 6.07) is 30.9. The number of rotatable bonds is 6.